The van der Waals surface area contributed by atoms with Crippen LogP contribution >= 0.6 is 0 Å². The second-order valence-electron chi connectivity index (χ2n) is 5.50. The topological polar surface area (TPSA) is 37.3 Å². The molecule has 0 aliphatic rings. The fourth-order valence-corrected chi connectivity index (χ4v) is 1.28. The molecule has 0 rings (SSSR count). The Labute approximate surface area is 81.3 Å². The third kappa shape index (κ3) is 1.93. The average Bonchev–Trinajstić information content (AvgIpc) is 1.84. The Balaban J connectivity index is 5.16. The summed E-state index contributed by atoms with van der Waals surface area (Å²) in [6.45, 7) is 12.7. The van der Waals surface area contributed by atoms with Gasteiger partial charge in [0.1, 0.15) is 5.78 Å². The molecule has 0 aliphatic heterocycles. The molecule has 0 spiro atoms. The van der Waals surface area contributed by atoms with Crippen molar-refractivity contribution in [3.8, 4) is 0 Å². The summed E-state index contributed by atoms with van der Waals surface area (Å²) >= 11 is 0. The van der Waals surface area contributed by atoms with Crippen molar-refractivity contribution in [1.29, 1.82) is 0 Å². The van der Waals surface area contributed by atoms with Crippen LogP contribution in [0.1, 0.15) is 48.5 Å². The van der Waals surface area contributed by atoms with Gasteiger partial charge in [-0.1, -0.05) is 34.6 Å². The highest BCUT2D eigenvalue weighted by atomic mass is 16.3. The first-order valence-corrected chi connectivity index (χ1v) is 4.68. The van der Waals surface area contributed by atoms with Gasteiger partial charge in [-0.05, 0) is 19.3 Å². The highest BCUT2D eigenvalue weighted by Crippen LogP contribution is 2.44. The largest absolute Gasteiger partial charge is 0.389 e. The van der Waals surface area contributed by atoms with Crippen molar-refractivity contribution in [3.05, 3.63) is 0 Å². The molecule has 1 N–H and O–H groups in total. The monoisotopic (exact) mass is 186 g/mol. The minimum absolute atomic E-state index is 0.0208. The molecule has 0 unspecified atom stereocenters. The number of hydrogen-bond acceptors (Lipinski definition) is 2. The van der Waals surface area contributed by atoms with E-state index >= 15 is 0 Å². The molecule has 0 aromatic heterocycles. The minimum Gasteiger partial charge on any atom is -0.389 e. The third-order valence-electron chi connectivity index (χ3n) is 3.56. The van der Waals surface area contributed by atoms with Crippen molar-refractivity contribution in [2.45, 2.75) is 54.1 Å². The van der Waals surface area contributed by atoms with E-state index in [9.17, 15) is 9.90 Å². The van der Waals surface area contributed by atoms with Crippen LogP contribution in [0, 0.1) is 10.8 Å². The van der Waals surface area contributed by atoms with E-state index < -0.39 is 11.0 Å². The van der Waals surface area contributed by atoms with E-state index in [0.717, 1.165) is 0 Å². The summed E-state index contributed by atoms with van der Waals surface area (Å²) in [6, 6.07) is 0. The quantitative estimate of drug-likeness (QED) is 0.719. The van der Waals surface area contributed by atoms with E-state index in [1.54, 1.807) is 20.8 Å². The highest BCUT2D eigenvalue weighted by Gasteiger charge is 2.50. The van der Waals surface area contributed by atoms with Crippen LogP contribution in [0.25, 0.3) is 0 Å². The fraction of sp³-hybridized carbons (Fsp3) is 0.909. The molecule has 2 nitrogen and oxygen atoms in total. The first-order valence-electron chi connectivity index (χ1n) is 4.68. The van der Waals surface area contributed by atoms with Crippen LogP contribution in [0.4, 0.5) is 0 Å². The second kappa shape index (κ2) is 3.09. The number of carbonyl (C=O) groups excluding carboxylic acids is 1. The molecule has 0 fully saturated rings. The second-order valence-corrected chi connectivity index (χ2v) is 5.50. The van der Waals surface area contributed by atoms with E-state index in [0.29, 0.717) is 0 Å². The van der Waals surface area contributed by atoms with E-state index in [-0.39, 0.29) is 11.2 Å². The van der Waals surface area contributed by atoms with Crippen LogP contribution < -0.4 is 0 Å². The Morgan fingerprint density at radius 1 is 1.00 bits per heavy atom. The van der Waals surface area contributed by atoms with E-state index in [1.165, 1.54) is 6.92 Å². The average molecular weight is 186 g/mol. The summed E-state index contributed by atoms with van der Waals surface area (Å²) in [7, 11) is 0. The van der Waals surface area contributed by atoms with Crippen molar-refractivity contribution >= 4 is 5.78 Å². The van der Waals surface area contributed by atoms with Gasteiger partial charge in [-0.3, -0.25) is 4.79 Å². The maximum Gasteiger partial charge on any atom is 0.138 e. The Morgan fingerprint density at radius 3 is 1.38 bits per heavy atom. The van der Waals surface area contributed by atoms with Crippen LogP contribution in [-0.2, 0) is 4.79 Å². The lowest BCUT2D eigenvalue weighted by Crippen LogP contribution is -2.54. The lowest BCUT2D eigenvalue weighted by atomic mass is 9.61. The summed E-state index contributed by atoms with van der Waals surface area (Å²) in [5.41, 5.74) is -2.00. The zero-order valence-electron chi connectivity index (χ0n) is 9.86. The van der Waals surface area contributed by atoms with Crippen molar-refractivity contribution < 1.29 is 9.90 Å². The molecule has 1 atom stereocenters. The van der Waals surface area contributed by atoms with Crippen LogP contribution in [-0.4, -0.2) is 16.5 Å². The first-order chi connectivity index (χ1) is 5.44. The third-order valence-corrected chi connectivity index (χ3v) is 3.56. The van der Waals surface area contributed by atoms with Crippen LogP contribution in [0.5, 0.6) is 0 Å². The van der Waals surface area contributed by atoms with Crippen LogP contribution in [0.2, 0.25) is 0 Å². The molecule has 13 heavy (non-hydrogen) atoms. The Bertz CT molecular complexity index is 207. The molecule has 0 aromatic rings. The van der Waals surface area contributed by atoms with Gasteiger partial charge in [0, 0.05) is 0 Å². The molecule has 0 aromatic carbocycles. The summed E-state index contributed by atoms with van der Waals surface area (Å²) in [4.78, 5) is 11.4. The minimum atomic E-state index is -0.994. The normalized spacial score (nSPS) is 18.2. The fourth-order valence-electron chi connectivity index (χ4n) is 1.28. The standard InChI is InChI=1S/C11H22O2/c1-8(12)10(5,6)11(7,13)9(2,3)4/h13H,1-7H3/t11-/m0/s1. The Hall–Kier alpha value is -0.370. The van der Waals surface area contributed by atoms with Crippen LogP contribution in [0.3, 0.4) is 0 Å². The number of rotatable bonds is 2. The Morgan fingerprint density at radius 2 is 1.31 bits per heavy atom. The smallest absolute Gasteiger partial charge is 0.138 e. The molecule has 0 bridgehead atoms. The van der Waals surface area contributed by atoms with Crippen molar-refractivity contribution in [3.63, 3.8) is 0 Å². The van der Waals surface area contributed by atoms with Crippen LogP contribution in [0.15, 0.2) is 0 Å². The lowest BCUT2D eigenvalue weighted by Gasteiger charge is -2.47. The van der Waals surface area contributed by atoms with Gasteiger partial charge in [0.15, 0.2) is 0 Å². The SMILES string of the molecule is CC(=O)C(C)(C)[C@@](C)(O)C(C)(C)C. The summed E-state index contributed by atoms with van der Waals surface area (Å²) in [5.74, 6) is 0.0208. The first kappa shape index (κ1) is 12.6. The summed E-state index contributed by atoms with van der Waals surface area (Å²) < 4.78 is 0. The molecule has 0 saturated carbocycles. The zero-order valence-corrected chi connectivity index (χ0v) is 9.86. The van der Waals surface area contributed by atoms with E-state index in [4.69, 9.17) is 0 Å². The van der Waals surface area contributed by atoms with Gasteiger partial charge >= 0.3 is 0 Å². The molecule has 0 amide bonds. The lowest BCUT2D eigenvalue weighted by molar-refractivity contribution is -0.158. The zero-order chi connectivity index (χ0) is 11.1. The predicted octanol–water partition coefficient (Wildman–Crippen LogP) is 2.40. The maximum atomic E-state index is 11.4. The molecule has 0 radical (unpaired) electrons. The number of carbonyl (C=O) groups is 1. The van der Waals surface area contributed by atoms with Crippen molar-refractivity contribution in [1.82, 2.24) is 0 Å². The summed E-state index contributed by atoms with van der Waals surface area (Å²) in [6.07, 6.45) is 0. The highest BCUT2D eigenvalue weighted by molar-refractivity contribution is 5.83. The van der Waals surface area contributed by atoms with Crippen molar-refractivity contribution in [2.24, 2.45) is 10.8 Å². The molecular formula is C11H22O2. The number of ketones is 1. The van der Waals surface area contributed by atoms with Crippen molar-refractivity contribution in [2.75, 3.05) is 0 Å². The number of Topliss-reactive ketones (excluding diaryl/α,β-unsaturated/α-hetero) is 1. The number of aliphatic hydroxyl groups is 1. The molecule has 0 saturated heterocycles. The maximum absolute atomic E-state index is 11.4. The van der Waals surface area contributed by atoms with E-state index in [2.05, 4.69) is 0 Å². The van der Waals surface area contributed by atoms with Gasteiger partial charge in [-0.25, -0.2) is 0 Å². The van der Waals surface area contributed by atoms with Gasteiger partial charge < -0.3 is 5.11 Å². The molecule has 78 valence electrons. The predicted molar refractivity (Wildman–Crippen MR) is 54.5 cm³/mol. The van der Waals surface area contributed by atoms with Gasteiger partial charge in [0.25, 0.3) is 0 Å². The van der Waals surface area contributed by atoms with Gasteiger partial charge in [-0.2, -0.15) is 0 Å². The van der Waals surface area contributed by atoms with Gasteiger partial charge in [0.2, 0.25) is 0 Å². The molecule has 2 heteroatoms. The van der Waals surface area contributed by atoms with Gasteiger partial charge in [-0.15, -0.1) is 0 Å². The summed E-state index contributed by atoms with van der Waals surface area (Å²) in [5, 5.41) is 10.3. The molecule has 0 heterocycles. The number of hydrogen-bond donors (Lipinski definition) is 1. The molecule has 0 aliphatic carbocycles. The molecular weight excluding hydrogens is 164 g/mol. The van der Waals surface area contributed by atoms with Gasteiger partial charge in [0.05, 0.1) is 11.0 Å². The van der Waals surface area contributed by atoms with E-state index in [1.807, 2.05) is 20.8 Å². The Kier molecular flexibility index (Phi) is 3.00.